The van der Waals surface area contributed by atoms with Crippen molar-refractivity contribution in [3.8, 4) is 0 Å². The minimum atomic E-state index is -3.74. The molecule has 1 aromatic carbocycles. The molecule has 0 fully saturated rings. The fraction of sp³-hybridized carbons (Fsp3) is 0.182. The first-order chi connectivity index (χ1) is 8.45. The van der Waals surface area contributed by atoms with Gasteiger partial charge in [0.05, 0.1) is 4.90 Å². The maximum absolute atomic E-state index is 12.3. The zero-order valence-corrected chi connectivity index (χ0v) is 11.5. The molecular formula is C11H12N2O3S2. The summed E-state index contributed by atoms with van der Waals surface area (Å²) in [6.07, 6.45) is 1.71. The Balaban J connectivity index is 2.61. The first kappa shape index (κ1) is 13.0. The minimum absolute atomic E-state index is 0.148. The van der Waals surface area contributed by atoms with E-state index in [4.69, 9.17) is 0 Å². The van der Waals surface area contributed by atoms with Gasteiger partial charge in [0.1, 0.15) is 5.03 Å². The quantitative estimate of drug-likeness (QED) is 0.866. The summed E-state index contributed by atoms with van der Waals surface area (Å²) in [5.41, 5.74) is 0.537. The Morgan fingerprint density at radius 1 is 1.22 bits per heavy atom. The van der Waals surface area contributed by atoms with E-state index in [2.05, 4.69) is 5.10 Å². The Hall–Kier alpha value is -1.47. The number of hydrogen-bond donors (Lipinski definition) is 1. The Kier molecular flexibility index (Phi) is 3.36. The van der Waals surface area contributed by atoms with Crippen molar-refractivity contribution in [2.24, 2.45) is 0 Å². The van der Waals surface area contributed by atoms with Gasteiger partial charge in [0.15, 0.2) is 0 Å². The highest BCUT2D eigenvalue weighted by Crippen LogP contribution is 2.19. The van der Waals surface area contributed by atoms with Crippen molar-refractivity contribution in [3.05, 3.63) is 46.2 Å². The Morgan fingerprint density at radius 3 is 2.39 bits per heavy atom. The SMILES string of the molecule is CSc1cc(=O)[nH]n1S(=O)(=O)c1ccc(C)cc1. The van der Waals surface area contributed by atoms with Crippen LogP contribution in [0.25, 0.3) is 0 Å². The van der Waals surface area contributed by atoms with Crippen LogP contribution in [0, 0.1) is 6.92 Å². The van der Waals surface area contributed by atoms with Gasteiger partial charge in [0.2, 0.25) is 0 Å². The van der Waals surface area contributed by atoms with Crippen LogP contribution in [-0.2, 0) is 10.0 Å². The molecule has 0 saturated heterocycles. The topological polar surface area (TPSA) is 71.9 Å². The van der Waals surface area contributed by atoms with E-state index in [0.717, 1.165) is 9.65 Å². The highest BCUT2D eigenvalue weighted by atomic mass is 32.2. The van der Waals surface area contributed by atoms with Crippen LogP contribution in [-0.4, -0.2) is 23.9 Å². The molecule has 2 aromatic rings. The summed E-state index contributed by atoms with van der Waals surface area (Å²) in [7, 11) is -3.74. The van der Waals surface area contributed by atoms with E-state index in [1.54, 1.807) is 18.4 Å². The van der Waals surface area contributed by atoms with Gasteiger partial charge < -0.3 is 0 Å². The number of aromatic amines is 1. The molecule has 7 heteroatoms. The molecule has 5 nitrogen and oxygen atoms in total. The zero-order valence-electron chi connectivity index (χ0n) is 9.88. The molecule has 0 amide bonds. The van der Waals surface area contributed by atoms with Gasteiger partial charge in [-0.1, -0.05) is 17.7 Å². The summed E-state index contributed by atoms with van der Waals surface area (Å²) in [5.74, 6) is 0. The molecule has 1 heterocycles. The number of hydrogen-bond acceptors (Lipinski definition) is 4. The lowest BCUT2D eigenvalue weighted by molar-refractivity contribution is 0.573. The second-order valence-electron chi connectivity index (χ2n) is 3.75. The summed E-state index contributed by atoms with van der Waals surface area (Å²) in [5, 5.41) is 2.66. The molecule has 0 bridgehead atoms. The summed E-state index contributed by atoms with van der Waals surface area (Å²) in [6, 6.07) is 7.73. The van der Waals surface area contributed by atoms with Crippen molar-refractivity contribution in [2.75, 3.05) is 6.26 Å². The number of rotatable bonds is 3. The molecule has 0 saturated carbocycles. The molecule has 2 rings (SSSR count). The van der Waals surface area contributed by atoms with Crippen LogP contribution in [0.1, 0.15) is 5.56 Å². The van der Waals surface area contributed by atoms with E-state index in [0.29, 0.717) is 5.03 Å². The van der Waals surface area contributed by atoms with E-state index in [1.807, 2.05) is 6.92 Å². The average Bonchev–Trinajstić information content (AvgIpc) is 2.72. The van der Waals surface area contributed by atoms with E-state index in [1.165, 1.54) is 30.0 Å². The van der Waals surface area contributed by atoms with Crippen molar-refractivity contribution >= 4 is 21.8 Å². The van der Waals surface area contributed by atoms with Crippen LogP contribution in [0.5, 0.6) is 0 Å². The van der Waals surface area contributed by atoms with Crippen LogP contribution in [0.15, 0.2) is 45.0 Å². The largest absolute Gasteiger partial charge is 0.282 e. The Morgan fingerprint density at radius 2 is 1.83 bits per heavy atom. The first-order valence-corrected chi connectivity index (χ1v) is 7.80. The lowest BCUT2D eigenvalue weighted by Crippen LogP contribution is -2.17. The molecule has 0 aliphatic heterocycles. The number of H-pyrrole nitrogens is 1. The molecule has 1 aromatic heterocycles. The maximum atomic E-state index is 12.3. The van der Waals surface area contributed by atoms with Gasteiger partial charge in [-0.25, -0.2) is 5.10 Å². The standard InChI is InChI=1S/C11H12N2O3S2/c1-8-3-5-9(6-4-8)18(15,16)13-11(17-2)7-10(14)12-13/h3-7H,1-2H3,(H,12,14). The van der Waals surface area contributed by atoms with Crippen LogP contribution in [0.3, 0.4) is 0 Å². The second kappa shape index (κ2) is 4.66. The predicted molar refractivity (Wildman–Crippen MR) is 70.6 cm³/mol. The zero-order chi connectivity index (χ0) is 13.3. The van der Waals surface area contributed by atoms with E-state index in [-0.39, 0.29) is 4.90 Å². The number of aryl methyl sites for hydroxylation is 1. The number of benzene rings is 1. The van der Waals surface area contributed by atoms with Gasteiger partial charge in [-0.05, 0) is 25.3 Å². The average molecular weight is 284 g/mol. The van der Waals surface area contributed by atoms with Gasteiger partial charge in [0.25, 0.3) is 15.6 Å². The minimum Gasteiger partial charge on any atom is -0.268 e. The number of thioether (sulfide) groups is 1. The summed E-state index contributed by atoms with van der Waals surface area (Å²) in [6.45, 7) is 1.88. The highest BCUT2D eigenvalue weighted by molar-refractivity contribution is 7.99. The Bertz CT molecular complexity index is 711. The normalized spacial score (nSPS) is 11.7. The smallest absolute Gasteiger partial charge is 0.268 e. The third-order valence-electron chi connectivity index (χ3n) is 2.43. The molecule has 1 N–H and O–H groups in total. The van der Waals surface area contributed by atoms with Crippen LogP contribution < -0.4 is 5.56 Å². The van der Waals surface area contributed by atoms with Crippen LogP contribution >= 0.6 is 11.8 Å². The molecule has 18 heavy (non-hydrogen) atoms. The highest BCUT2D eigenvalue weighted by Gasteiger charge is 2.20. The van der Waals surface area contributed by atoms with Crippen molar-refractivity contribution in [3.63, 3.8) is 0 Å². The number of nitrogens with one attached hydrogen (secondary N) is 1. The lowest BCUT2D eigenvalue weighted by atomic mass is 10.2. The monoisotopic (exact) mass is 284 g/mol. The van der Waals surface area contributed by atoms with Gasteiger partial charge >= 0.3 is 0 Å². The van der Waals surface area contributed by atoms with Gasteiger partial charge in [0, 0.05) is 6.07 Å². The summed E-state index contributed by atoms with van der Waals surface area (Å²) >= 11 is 1.19. The Labute approximate surface area is 109 Å². The summed E-state index contributed by atoms with van der Waals surface area (Å²) < 4.78 is 25.5. The van der Waals surface area contributed by atoms with Gasteiger partial charge in [-0.15, -0.1) is 11.8 Å². The van der Waals surface area contributed by atoms with Crippen LogP contribution in [0.4, 0.5) is 0 Å². The third-order valence-corrected chi connectivity index (χ3v) is 4.91. The lowest BCUT2D eigenvalue weighted by Gasteiger charge is -2.08. The van der Waals surface area contributed by atoms with E-state index in [9.17, 15) is 13.2 Å². The molecule has 0 aliphatic carbocycles. The molecule has 0 aliphatic rings. The van der Waals surface area contributed by atoms with Crippen molar-refractivity contribution in [1.82, 2.24) is 9.19 Å². The van der Waals surface area contributed by atoms with Crippen molar-refractivity contribution in [1.29, 1.82) is 0 Å². The van der Waals surface area contributed by atoms with Gasteiger partial charge in [-0.3, -0.25) is 4.79 Å². The molecule has 0 atom stereocenters. The van der Waals surface area contributed by atoms with E-state index >= 15 is 0 Å². The second-order valence-corrected chi connectivity index (χ2v) is 6.36. The van der Waals surface area contributed by atoms with Crippen LogP contribution in [0.2, 0.25) is 0 Å². The number of aromatic nitrogens is 2. The summed E-state index contributed by atoms with van der Waals surface area (Å²) in [4.78, 5) is 11.4. The maximum Gasteiger partial charge on any atom is 0.282 e. The fourth-order valence-electron chi connectivity index (χ4n) is 1.49. The van der Waals surface area contributed by atoms with Gasteiger partial charge in [-0.2, -0.15) is 12.5 Å². The molecule has 0 spiro atoms. The first-order valence-electron chi connectivity index (χ1n) is 5.13. The molecule has 0 radical (unpaired) electrons. The molecule has 96 valence electrons. The predicted octanol–water partition coefficient (Wildman–Crippen LogP) is 1.44. The van der Waals surface area contributed by atoms with E-state index < -0.39 is 15.6 Å². The van der Waals surface area contributed by atoms with Crippen molar-refractivity contribution < 1.29 is 8.42 Å². The fourth-order valence-corrected chi connectivity index (χ4v) is 3.64. The van der Waals surface area contributed by atoms with Crippen molar-refractivity contribution in [2.45, 2.75) is 16.8 Å². The third kappa shape index (κ3) is 2.23. The number of nitrogens with zero attached hydrogens (tertiary/aromatic N) is 1. The molecular weight excluding hydrogens is 272 g/mol. The molecule has 0 unspecified atom stereocenters.